The maximum Gasteiger partial charge on any atom is 0.285 e. The molecule has 0 saturated carbocycles. The number of halogens is 1. The van der Waals surface area contributed by atoms with Gasteiger partial charge in [-0.3, -0.25) is 14.8 Å². The van der Waals surface area contributed by atoms with Crippen LogP contribution in [-0.2, 0) is 22.2 Å². The molecule has 0 aliphatic rings. The first-order valence-corrected chi connectivity index (χ1v) is 11.2. The smallest absolute Gasteiger partial charge is 0.285 e. The molecule has 170 valence electrons. The van der Waals surface area contributed by atoms with Crippen molar-refractivity contribution in [3.8, 4) is 11.3 Å². The number of aromatic nitrogens is 3. The maximum absolute atomic E-state index is 13.3. The average Bonchev–Trinajstić information content (AvgIpc) is 3.22. The van der Waals surface area contributed by atoms with Gasteiger partial charge in [0, 0.05) is 24.4 Å². The van der Waals surface area contributed by atoms with E-state index < -0.39 is 14.6 Å². The van der Waals surface area contributed by atoms with Crippen LogP contribution in [0.25, 0.3) is 11.3 Å². The molecule has 0 amide bonds. The van der Waals surface area contributed by atoms with Gasteiger partial charge in [-0.05, 0) is 42.0 Å². The molecule has 1 unspecified atom stereocenters. The van der Waals surface area contributed by atoms with Crippen molar-refractivity contribution in [3.05, 3.63) is 84.1 Å². The summed E-state index contributed by atoms with van der Waals surface area (Å²) in [7, 11) is -4.89. The highest BCUT2D eigenvalue weighted by Gasteiger charge is 2.18. The topological polar surface area (TPSA) is 150 Å². The summed E-state index contributed by atoms with van der Waals surface area (Å²) in [6.07, 6.45) is 3.61. The molecule has 0 saturated heterocycles. The molecular weight excluding hydrogens is 452 g/mol. The summed E-state index contributed by atoms with van der Waals surface area (Å²) in [5.74, 6) is 0.778. The fraction of sp³-hybridized carbons (Fsp3) is 0.0952. The molecule has 4 aromatic rings. The summed E-state index contributed by atoms with van der Waals surface area (Å²) >= 11 is 0. The minimum atomic E-state index is -4.89. The monoisotopic (exact) mass is 471 g/mol. The van der Waals surface area contributed by atoms with E-state index >= 15 is 0 Å². The number of anilines is 3. The predicted octanol–water partition coefficient (Wildman–Crippen LogP) is 2.51. The van der Waals surface area contributed by atoms with E-state index in [1.165, 1.54) is 22.9 Å². The Morgan fingerprint density at radius 1 is 1.24 bits per heavy atom. The van der Waals surface area contributed by atoms with Crippen LogP contribution in [0.2, 0.25) is 0 Å². The fourth-order valence-electron chi connectivity index (χ4n) is 3.07. The molecule has 12 heteroatoms. The highest BCUT2D eigenvalue weighted by molar-refractivity contribution is 7.44. The highest BCUT2D eigenvalue weighted by Crippen LogP contribution is 2.30. The largest absolute Gasteiger partial charge is 0.756 e. The van der Waals surface area contributed by atoms with Crippen molar-refractivity contribution in [3.63, 3.8) is 0 Å². The number of phosphoric ester groups is 1. The third kappa shape index (κ3) is 5.99. The second-order valence-electron chi connectivity index (χ2n) is 7.05. The summed E-state index contributed by atoms with van der Waals surface area (Å²) < 4.78 is 35.2. The lowest BCUT2D eigenvalue weighted by Gasteiger charge is -2.14. The minimum Gasteiger partial charge on any atom is -0.756 e. The van der Waals surface area contributed by atoms with Crippen molar-refractivity contribution in [2.45, 2.75) is 13.2 Å². The normalized spacial score (nSPS) is 12.9. The van der Waals surface area contributed by atoms with Gasteiger partial charge in [-0.1, -0.05) is 17.3 Å². The molecule has 0 aliphatic carbocycles. The highest BCUT2D eigenvalue weighted by atomic mass is 31.2. The molecule has 10 nitrogen and oxygen atoms in total. The molecule has 0 fully saturated rings. The molecule has 0 spiro atoms. The number of nitrogens with zero attached hydrogens (tertiary/aromatic N) is 3. The van der Waals surface area contributed by atoms with Crippen LogP contribution in [0.1, 0.15) is 11.3 Å². The molecule has 4 rings (SSSR count). The van der Waals surface area contributed by atoms with E-state index in [9.17, 15) is 13.8 Å². The van der Waals surface area contributed by atoms with E-state index in [-0.39, 0.29) is 11.6 Å². The summed E-state index contributed by atoms with van der Waals surface area (Å²) in [6.45, 7) is -0.486. The Balaban J connectivity index is 1.44. The summed E-state index contributed by atoms with van der Waals surface area (Å²) in [6, 6.07) is 14.7. The first-order chi connectivity index (χ1) is 15.8. The van der Waals surface area contributed by atoms with E-state index in [4.69, 9.17) is 15.2 Å². The lowest BCUT2D eigenvalue weighted by molar-refractivity contribution is -0.712. The Bertz CT molecular complexity index is 1310. The number of nitrogens with one attached hydrogen (secondary N) is 1. The second-order valence-corrected chi connectivity index (χ2v) is 8.25. The molecule has 0 aliphatic heterocycles. The SMILES string of the molecule is Nc1c(-c2cc(Cc3ccc(Nc4cccc(F)c4)nc3)no2)ccc[n+]1COP(=O)([O-])O. The van der Waals surface area contributed by atoms with E-state index in [0.29, 0.717) is 34.9 Å². The van der Waals surface area contributed by atoms with Crippen molar-refractivity contribution in [2.24, 2.45) is 0 Å². The van der Waals surface area contributed by atoms with Crippen molar-refractivity contribution in [1.29, 1.82) is 0 Å². The van der Waals surface area contributed by atoms with Crippen LogP contribution in [0, 0.1) is 5.82 Å². The van der Waals surface area contributed by atoms with E-state index in [1.807, 2.05) is 6.07 Å². The van der Waals surface area contributed by atoms with Gasteiger partial charge in [0.1, 0.15) is 17.2 Å². The van der Waals surface area contributed by atoms with Crippen molar-refractivity contribution in [1.82, 2.24) is 10.1 Å². The Labute approximate surface area is 187 Å². The molecule has 1 aromatic carbocycles. The zero-order valence-electron chi connectivity index (χ0n) is 17.1. The molecule has 0 radical (unpaired) electrons. The van der Waals surface area contributed by atoms with Gasteiger partial charge in [-0.2, -0.15) is 0 Å². The van der Waals surface area contributed by atoms with Gasteiger partial charge < -0.3 is 19.6 Å². The molecule has 4 N–H and O–H groups in total. The minimum absolute atomic E-state index is 0.170. The number of nitrogens with two attached hydrogens (primary N) is 1. The number of benzene rings is 1. The second kappa shape index (κ2) is 9.47. The lowest BCUT2D eigenvalue weighted by atomic mass is 10.1. The Morgan fingerprint density at radius 2 is 2.09 bits per heavy atom. The van der Waals surface area contributed by atoms with E-state index in [2.05, 4.69) is 20.0 Å². The van der Waals surface area contributed by atoms with E-state index in [1.54, 1.807) is 42.6 Å². The van der Waals surface area contributed by atoms with Gasteiger partial charge in [-0.25, -0.2) is 13.9 Å². The third-order valence-corrected chi connectivity index (χ3v) is 5.05. The van der Waals surface area contributed by atoms with Gasteiger partial charge in [0.2, 0.25) is 0 Å². The van der Waals surface area contributed by atoms with Crippen LogP contribution in [0.15, 0.2) is 71.5 Å². The van der Waals surface area contributed by atoms with Crippen LogP contribution in [0.3, 0.4) is 0 Å². The van der Waals surface area contributed by atoms with Crippen LogP contribution in [0.5, 0.6) is 0 Å². The van der Waals surface area contributed by atoms with Gasteiger partial charge in [0.05, 0.1) is 11.9 Å². The fourth-order valence-corrected chi connectivity index (χ4v) is 3.34. The van der Waals surface area contributed by atoms with Gasteiger partial charge in [0.25, 0.3) is 13.6 Å². The van der Waals surface area contributed by atoms with Gasteiger partial charge in [-0.15, -0.1) is 0 Å². The van der Waals surface area contributed by atoms with Crippen molar-refractivity contribution >= 4 is 25.1 Å². The number of hydrogen-bond donors (Lipinski definition) is 3. The summed E-state index contributed by atoms with van der Waals surface area (Å²) in [4.78, 5) is 23.9. The molecule has 33 heavy (non-hydrogen) atoms. The van der Waals surface area contributed by atoms with Crippen molar-refractivity contribution < 1.29 is 32.4 Å². The van der Waals surface area contributed by atoms with Gasteiger partial charge in [0.15, 0.2) is 12.5 Å². The molecular formula is C21H19FN5O5P. The maximum atomic E-state index is 13.3. The van der Waals surface area contributed by atoms with Gasteiger partial charge >= 0.3 is 0 Å². The number of nitrogen functional groups attached to an aromatic ring is 1. The summed E-state index contributed by atoms with van der Waals surface area (Å²) in [5.41, 5.74) is 8.65. The Hall–Kier alpha value is -3.63. The Kier molecular flexibility index (Phi) is 6.47. The standard InChI is InChI=1S/C21H19FN5O5P/c22-15-3-1-4-16(10-15)25-20-7-6-14(12-24-20)9-17-11-19(32-26-17)18-5-2-8-27(21(18)23)13-31-33(28,29)30/h1-8,10-12,23H,9,13H2,(H3,24,25,28,29,30). The van der Waals surface area contributed by atoms with Crippen LogP contribution in [-0.4, -0.2) is 15.0 Å². The zero-order chi connectivity index (χ0) is 23.4. The first kappa shape index (κ1) is 22.6. The molecule has 3 heterocycles. The first-order valence-electron chi connectivity index (χ1n) is 9.66. The number of rotatable bonds is 8. The predicted molar refractivity (Wildman–Crippen MR) is 114 cm³/mol. The molecule has 0 bridgehead atoms. The average molecular weight is 471 g/mol. The van der Waals surface area contributed by atoms with E-state index in [0.717, 1.165) is 5.56 Å². The zero-order valence-corrected chi connectivity index (χ0v) is 18.0. The molecule has 1 atom stereocenters. The third-order valence-electron chi connectivity index (χ3n) is 4.61. The van der Waals surface area contributed by atoms with Crippen LogP contribution < -0.4 is 20.5 Å². The quantitative estimate of drug-likeness (QED) is 0.260. The van der Waals surface area contributed by atoms with Crippen LogP contribution >= 0.6 is 7.82 Å². The van der Waals surface area contributed by atoms with Crippen molar-refractivity contribution in [2.75, 3.05) is 11.1 Å². The lowest BCUT2D eigenvalue weighted by Crippen LogP contribution is -2.38. The summed E-state index contributed by atoms with van der Waals surface area (Å²) in [5, 5.41) is 7.08. The number of pyridine rings is 2. The number of hydrogen-bond acceptors (Lipinski definition) is 8. The van der Waals surface area contributed by atoms with Crippen LogP contribution in [0.4, 0.5) is 21.7 Å². The molecule has 3 aromatic heterocycles. The Morgan fingerprint density at radius 3 is 2.82 bits per heavy atom. The number of phosphoric acid groups is 1.